The number of carbonyl (C=O) groups is 1. The number of aldehydes is 1. The highest BCUT2D eigenvalue weighted by Crippen LogP contribution is 2.45. The number of hydrogen-bond donors (Lipinski definition) is 0. The molecule has 0 N–H and O–H groups in total. The van der Waals surface area contributed by atoms with Crippen LogP contribution in [0.5, 0.6) is 0 Å². The first kappa shape index (κ1) is 9.24. The molecule has 0 spiro atoms. The minimum Gasteiger partial charge on any atom is -0.298 e. The lowest BCUT2D eigenvalue weighted by molar-refractivity contribution is -0.105. The highest BCUT2D eigenvalue weighted by molar-refractivity contribution is 5.73. The van der Waals surface area contributed by atoms with Crippen molar-refractivity contribution in [1.82, 2.24) is 0 Å². The third kappa shape index (κ3) is 1.24. The summed E-state index contributed by atoms with van der Waals surface area (Å²) in [6, 6.07) is 0. The Balaban J connectivity index is 2.87. The minimum atomic E-state index is 0.123. The first-order valence-electron chi connectivity index (χ1n) is 4.31. The topological polar surface area (TPSA) is 17.1 Å². The summed E-state index contributed by atoms with van der Waals surface area (Å²) >= 11 is 0. The first-order valence-corrected chi connectivity index (χ1v) is 4.31. The van der Waals surface area contributed by atoms with E-state index in [0.717, 1.165) is 18.3 Å². The van der Waals surface area contributed by atoms with Crippen molar-refractivity contribution in [2.75, 3.05) is 0 Å². The second-order valence-electron chi connectivity index (χ2n) is 4.09. The Morgan fingerprint density at radius 2 is 2.33 bits per heavy atom. The van der Waals surface area contributed by atoms with Gasteiger partial charge in [-0.3, -0.25) is 4.79 Å². The van der Waals surface area contributed by atoms with Crippen molar-refractivity contribution in [1.29, 1.82) is 0 Å². The molecule has 0 saturated heterocycles. The van der Waals surface area contributed by atoms with Crippen LogP contribution in [0.4, 0.5) is 0 Å². The van der Waals surface area contributed by atoms with Crippen LogP contribution >= 0.6 is 0 Å². The minimum absolute atomic E-state index is 0.123. The number of carbonyl (C=O) groups excluding carboxylic acids is 1. The lowest BCUT2D eigenvalue weighted by Gasteiger charge is -2.29. The average Bonchev–Trinajstić information content (AvgIpc) is 2.27. The van der Waals surface area contributed by atoms with Crippen LogP contribution < -0.4 is 0 Å². The van der Waals surface area contributed by atoms with E-state index in [-0.39, 0.29) is 5.41 Å². The third-order valence-electron chi connectivity index (χ3n) is 3.15. The number of allylic oxidation sites excluding steroid dienone is 3. The maximum absolute atomic E-state index is 10.6. The highest BCUT2D eigenvalue weighted by Gasteiger charge is 2.36. The van der Waals surface area contributed by atoms with Crippen LogP contribution in [0.1, 0.15) is 27.2 Å². The van der Waals surface area contributed by atoms with E-state index in [9.17, 15) is 4.79 Å². The molecule has 1 rings (SSSR count). The molecular weight excluding hydrogens is 148 g/mol. The zero-order valence-electron chi connectivity index (χ0n) is 8.05. The molecule has 0 fully saturated rings. The number of rotatable bonds is 2. The summed E-state index contributed by atoms with van der Waals surface area (Å²) in [5.74, 6) is 0.315. The van der Waals surface area contributed by atoms with E-state index in [1.807, 2.05) is 0 Å². The quantitative estimate of drug-likeness (QED) is 0.348. The molecule has 0 aromatic rings. The molecule has 1 heteroatoms. The normalized spacial score (nSPS) is 26.6. The second kappa shape index (κ2) is 2.89. The predicted molar refractivity (Wildman–Crippen MR) is 50.8 cm³/mol. The fourth-order valence-electron chi connectivity index (χ4n) is 1.82. The Hall–Kier alpha value is -0.850. The van der Waals surface area contributed by atoms with Gasteiger partial charge in [0.15, 0.2) is 0 Å². The molecule has 0 radical (unpaired) electrons. The van der Waals surface area contributed by atoms with Crippen molar-refractivity contribution in [3.63, 3.8) is 0 Å². The summed E-state index contributed by atoms with van der Waals surface area (Å²) < 4.78 is 0. The summed E-state index contributed by atoms with van der Waals surface area (Å²) in [4.78, 5) is 10.6. The third-order valence-corrected chi connectivity index (χ3v) is 3.15. The summed E-state index contributed by atoms with van der Waals surface area (Å²) in [5, 5.41) is 0. The van der Waals surface area contributed by atoms with E-state index in [2.05, 4.69) is 33.4 Å². The van der Waals surface area contributed by atoms with Crippen molar-refractivity contribution >= 4 is 6.29 Å². The fourth-order valence-corrected chi connectivity index (χ4v) is 1.82. The molecule has 0 saturated carbocycles. The molecule has 0 amide bonds. The van der Waals surface area contributed by atoms with Crippen LogP contribution in [0.2, 0.25) is 0 Å². The van der Waals surface area contributed by atoms with Gasteiger partial charge in [-0.05, 0) is 30.3 Å². The molecular formula is C11H16O. The molecule has 12 heavy (non-hydrogen) atoms. The molecule has 0 aromatic heterocycles. The zero-order valence-corrected chi connectivity index (χ0v) is 8.05. The molecule has 0 aliphatic heterocycles. The van der Waals surface area contributed by atoms with Crippen LogP contribution in [0.3, 0.4) is 0 Å². The zero-order chi connectivity index (χ0) is 9.35. The van der Waals surface area contributed by atoms with E-state index in [4.69, 9.17) is 0 Å². The summed E-state index contributed by atoms with van der Waals surface area (Å²) in [6.45, 7) is 10.3. The van der Waals surface area contributed by atoms with Gasteiger partial charge in [0, 0.05) is 0 Å². The number of hydrogen-bond acceptors (Lipinski definition) is 1. The summed E-state index contributed by atoms with van der Waals surface area (Å²) in [7, 11) is 0. The molecule has 1 aliphatic rings. The van der Waals surface area contributed by atoms with Crippen LogP contribution in [-0.4, -0.2) is 6.29 Å². The molecule has 0 aromatic carbocycles. The maximum Gasteiger partial charge on any atom is 0.145 e. The summed E-state index contributed by atoms with van der Waals surface area (Å²) in [6.07, 6.45) is 4.06. The van der Waals surface area contributed by atoms with Gasteiger partial charge in [-0.25, -0.2) is 0 Å². The van der Waals surface area contributed by atoms with Gasteiger partial charge in [0.2, 0.25) is 0 Å². The van der Waals surface area contributed by atoms with Crippen molar-refractivity contribution in [2.45, 2.75) is 27.2 Å². The Morgan fingerprint density at radius 3 is 2.67 bits per heavy atom. The standard InChI is InChI=1S/C11H16O/c1-8(7-12)10-6-5-9(2)11(10,3)4/h5,7,10H,1,6H2,2-4H3. The summed E-state index contributed by atoms with van der Waals surface area (Å²) in [5.41, 5.74) is 2.22. The Labute approximate surface area is 74.2 Å². The van der Waals surface area contributed by atoms with Crippen molar-refractivity contribution in [3.05, 3.63) is 23.8 Å². The van der Waals surface area contributed by atoms with Crippen LogP contribution in [0.25, 0.3) is 0 Å². The van der Waals surface area contributed by atoms with Gasteiger partial charge in [-0.1, -0.05) is 32.1 Å². The Kier molecular flexibility index (Phi) is 2.22. The predicted octanol–water partition coefficient (Wildman–Crippen LogP) is 2.73. The molecule has 1 atom stereocenters. The smallest absolute Gasteiger partial charge is 0.145 e. The van der Waals surface area contributed by atoms with Gasteiger partial charge in [-0.2, -0.15) is 0 Å². The van der Waals surface area contributed by atoms with Gasteiger partial charge in [-0.15, -0.1) is 0 Å². The van der Waals surface area contributed by atoms with E-state index in [1.165, 1.54) is 5.57 Å². The van der Waals surface area contributed by atoms with Crippen molar-refractivity contribution in [3.8, 4) is 0 Å². The maximum atomic E-state index is 10.6. The SMILES string of the molecule is C=C(C=O)C1CC=C(C)C1(C)C. The second-order valence-corrected chi connectivity index (χ2v) is 4.09. The van der Waals surface area contributed by atoms with Gasteiger partial charge in [0.25, 0.3) is 0 Å². The monoisotopic (exact) mass is 164 g/mol. The van der Waals surface area contributed by atoms with Crippen molar-refractivity contribution < 1.29 is 4.79 Å². The Morgan fingerprint density at radius 1 is 1.75 bits per heavy atom. The highest BCUT2D eigenvalue weighted by atomic mass is 16.1. The molecule has 0 bridgehead atoms. The molecule has 1 aliphatic carbocycles. The van der Waals surface area contributed by atoms with Gasteiger partial charge in [0.05, 0.1) is 0 Å². The fraction of sp³-hybridized carbons (Fsp3) is 0.545. The molecule has 1 unspecified atom stereocenters. The van der Waals surface area contributed by atoms with Crippen LogP contribution in [0.15, 0.2) is 23.8 Å². The van der Waals surface area contributed by atoms with Crippen molar-refractivity contribution in [2.24, 2.45) is 11.3 Å². The lowest BCUT2D eigenvalue weighted by atomic mass is 9.75. The van der Waals surface area contributed by atoms with Crippen LogP contribution in [-0.2, 0) is 4.79 Å². The van der Waals surface area contributed by atoms with Gasteiger partial charge < -0.3 is 0 Å². The van der Waals surface area contributed by atoms with Gasteiger partial charge in [0.1, 0.15) is 6.29 Å². The van der Waals surface area contributed by atoms with E-state index < -0.39 is 0 Å². The van der Waals surface area contributed by atoms with E-state index in [1.54, 1.807) is 0 Å². The molecule has 1 nitrogen and oxygen atoms in total. The lowest BCUT2D eigenvalue weighted by Crippen LogP contribution is -2.22. The Bertz CT molecular complexity index is 246. The largest absolute Gasteiger partial charge is 0.298 e. The average molecular weight is 164 g/mol. The first-order chi connectivity index (χ1) is 5.50. The van der Waals surface area contributed by atoms with Gasteiger partial charge >= 0.3 is 0 Å². The van der Waals surface area contributed by atoms with E-state index in [0.29, 0.717) is 5.92 Å². The molecule has 0 heterocycles. The molecule has 66 valence electrons. The van der Waals surface area contributed by atoms with Crippen LogP contribution in [0, 0.1) is 11.3 Å². The van der Waals surface area contributed by atoms with E-state index >= 15 is 0 Å².